The van der Waals surface area contributed by atoms with E-state index >= 15 is 0 Å². The highest BCUT2D eigenvalue weighted by molar-refractivity contribution is 5.74. The first kappa shape index (κ1) is 23.6. The van der Waals surface area contributed by atoms with Crippen LogP contribution in [0.5, 0.6) is 5.75 Å². The maximum atomic E-state index is 10.3. The predicted molar refractivity (Wildman–Crippen MR) is 146 cm³/mol. The molecule has 0 aliphatic carbocycles. The summed E-state index contributed by atoms with van der Waals surface area (Å²) >= 11 is 0. The van der Waals surface area contributed by atoms with Crippen molar-refractivity contribution in [1.29, 1.82) is 0 Å². The van der Waals surface area contributed by atoms with Crippen molar-refractivity contribution in [2.45, 2.75) is 32.4 Å². The highest BCUT2D eigenvalue weighted by atomic mass is 16.3. The van der Waals surface area contributed by atoms with E-state index in [-0.39, 0.29) is 5.75 Å². The average Bonchev–Trinajstić information content (AvgIpc) is 3.08. The zero-order valence-electron chi connectivity index (χ0n) is 21.4. The molecule has 0 saturated carbocycles. The van der Waals surface area contributed by atoms with Crippen LogP contribution in [0.3, 0.4) is 0 Å². The van der Waals surface area contributed by atoms with Crippen molar-refractivity contribution in [1.82, 2.24) is 20.1 Å². The highest BCUT2D eigenvalue weighted by Gasteiger charge is 2.45. The summed E-state index contributed by atoms with van der Waals surface area (Å²) in [5, 5.41) is 18.8. The molecule has 1 aromatic carbocycles. The predicted octanol–water partition coefficient (Wildman–Crippen LogP) is 3.23. The normalized spacial score (nSPS) is 23.5. The molecule has 37 heavy (non-hydrogen) atoms. The van der Waals surface area contributed by atoms with Crippen LogP contribution in [0.2, 0.25) is 0 Å². The fourth-order valence-electron chi connectivity index (χ4n) is 6.14. The van der Waals surface area contributed by atoms with Crippen LogP contribution in [0.15, 0.2) is 48.7 Å². The summed E-state index contributed by atoms with van der Waals surface area (Å²) in [6.07, 6.45) is 2.99. The number of phenolic OH excluding ortho intramolecular Hbond substituents is 1. The van der Waals surface area contributed by atoms with E-state index in [0.29, 0.717) is 35.1 Å². The lowest BCUT2D eigenvalue weighted by Crippen LogP contribution is -2.55. The van der Waals surface area contributed by atoms with Crippen LogP contribution in [-0.4, -0.2) is 70.0 Å². The lowest BCUT2D eigenvalue weighted by Gasteiger charge is -2.44. The number of phenols is 1. The van der Waals surface area contributed by atoms with Gasteiger partial charge in [-0.3, -0.25) is 4.90 Å². The first-order valence-corrected chi connectivity index (χ1v) is 13.1. The molecule has 6 rings (SSSR count). The van der Waals surface area contributed by atoms with Crippen LogP contribution in [0, 0.1) is 23.7 Å². The summed E-state index contributed by atoms with van der Waals surface area (Å²) in [4.78, 5) is 11.8. The van der Waals surface area contributed by atoms with Gasteiger partial charge in [-0.15, -0.1) is 10.2 Å². The van der Waals surface area contributed by atoms with Crippen LogP contribution < -0.4 is 15.5 Å². The Hall–Kier alpha value is -3.83. The third-order valence-electron chi connectivity index (χ3n) is 7.91. The maximum Gasteiger partial charge on any atom is 0.169 e. The minimum Gasteiger partial charge on any atom is -0.507 e. The third-order valence-corrected chi connectivity index (χ3v) is 7.91. The van der Waals surface area contributed by atoms with Crippen LogP contribution in [0.25, 0.3) is 11.3 Å². The zero-order valence-corrected chi connectivity index (χ0v) is 21.4. The largest absolute Gasteiger partial charge is 0.507 e. The Morgan fingerprint density at radius 2 is 1.89 bits per heavy atom. The molecular formula is C29H33N7O. The van der Waals surface area contributed by atoms with E-state index in [9.17, 15) is 5.11 Å². The lowest BCUT2D eigenvalue weighted by atomic mass is 10.0. The van der Waals surface area contributed by atoms with Crippen molar-refractivity contribution >= 4 is 17.2 Å². The van der Waals surface area contributed by atoms with Gasteiger partial charge in [-0.1, -0.05) is 31.9 Å². The van der Waals surface area contributed by atoms with Crippen molar-refractivity contribution in [2.24, 2.45) is 11.8 Å². The summed E-state index contributed by atoms with van der Waals surface area (Å²) < 4.78 is 0. The maximum absolute atomic E-state index is 10.3. The molecule has 2 aromatic heterocycles. The van der Waals surface area contributed by atoms with Crippen molar-refractivity contribution in [3.05, 3.63) is 54.4 Å². The second-order valence-corrected chi connectivity index (χ2v) is 10.8. The van der Waals surface area contributed by atoms with Gasteiger partial charge in [0.15, 0.2) is 5.82 Å². The summed E-state index contributed by atoms with van der Waals surface area (Å²) in [7, 11) is 0. The lowest BCUT2D eigenvalue weighted by molar-refractivity contribution is 0.132. The quantitative estimate of drug-likeness (QED) is 0.533. The number of pyridine rings is 1. The van der Waals surface area contributed by atoms with Gasteiger partial charge < -0.3 is 20.6 Å². The number of para-hydroxylation sites is 1. The number of rotatable bonds is 4. The smallest absolute Gasteiger partial charge is 0.169 e. The number of piperazine rings is 1. The number of nitrogens with two attached hydrogens (primary N) is 1. The second kappa shape index (κ2) is 9.56. The van der Waals surface area contributed by atoms with Crippen molar-refractivity contribution in [3.8, 4) is 28.8 Å². The molecule has 0 radical (unpaired) electrons. The minimum absolute atomic E-state index is 0.182. The van der Waals surface area contributed by atoms with Crippen LogP contribution >= 0.6 is 0 Å². The second-order valence-electron chi connectivity index (χ2n) is 10.8. The molecule has 0 spiro atoms. The van der Waals surface area contributed by atoms with Gasteiger partial charge in [-0.2, -0.15) is 0 Å². The Labute approximate surface area is 218 Å². The van der Waals surface area contributed by atoms with Crippen molar-refractivity contribution < 1.29 is 5.11 Å². The number of hydrogen-bond acceptors (Lipinski definition) is 8. The number of likely N-dealkylation sites (tertiary alicyclic amines) is 1. The number of benzene rings is 1. The fraction of sp³-hybridized carbons (Fsp3) is 0.414. The summed E-state index contributed by atoms with van der Waals surface area (Å²) in [6.45, 7) is 9.37. The minimum atomic E-state index is 0.182. The molecule has 3 saturated heterocycles. The van der Waals surface area contributed by atoms with Gasteiger partial charge in [0.05, 0.1) is 17.9 Å². The van der Waals surface area contributed by atoms with Gasteiger partial charge in [0.25, 0.3) is 0 Å². The molecule has 3 N–H and O–H groups in total. The zero-order chi connectivity index (χ0) is 25.5. The molecular weight excluding hydrogens is 462 g/mol. The molecule has 3 atom stereocenters. The Bertz CT molecular complexity index is 1360. The van der Waals surface area contributed by atoms with E-state index in [0.717, 1.165) is 56.4 Å². The monoisotopic (exact) mass is 495 g/mol. The Balaban J connectivity index is 1.22. The number of nitrogen functional groups attached to an aromatic ring is 1. The highest BCUT2D eigenvalue weighted by Crippen LogP contribution is 2.41. The Morgan fingerprint density at radius 1 is 1.05 bits per heavy atom. The molecule has 3 aromatic rings. The Kier molecular flexibility index (Phi) is 6.09. The molecule has 8 nitrogen and oxygen atoms in total. The van der Waals surface area contributed by atoms with Gasteiger partial charge in [-0.25, -0.2) is 4.98 Å². The van der Waals surface area contributed by atoms with E-state index in [1.54, 1.807) is 12.1 Å². The van der Waals surface area contributed by atoms with Gasteiger partial charge in [0.2, 0.25) is 0 Å². The van der Waals surface area contributed by atoms with Gasteiger partial charge in [0, 0.05) is 55.7 Å². The fourth-order valence-corrected chi connectivity index (χ4v) is 6.14. The number of fused-ring (bicyclic) bond motifs is 2. The van der Waals surface area contributed by atoms with E-state index < -0.39 is 0 Å². The molecule has 5 heterocycles. The number of aromatic hydroxyl groups is 1. The van der Waals surface area contributed by atoms with E-state index in [4.69, 9.17) is 5.73 Å². The van der Waals surface area contributed by atoms with Gasteiger partial charge >= 0.3 is 0 Å². The van der Waals surface area contributed by atoms with Crippen molar-refractivity contribution in [3.63, 3.8) is 0 Å². The van der Waals surface area contributed by atoms with Crippen molar-refractivity contribution in [2.75, 3.05) is 48.3 Å². The number of aromatic nitrogens is 3. The van der Waals surface area contributed by atoms with Crippen LogP contribution in [0.1, 0.15) is 26.0 Å². The van der Waals surface area contributed by atoms with Crippen LogP contribution in [-0.2, 0) is 0 Å². The number of hydrogen-bond donors (Lipinski definition) is 2. The average molecular weight is 496 g/mol. The van der Waals surface area contributed by atoms with Gasteiger partial charge in [-0.05, 0) is 54.5 Å². The first-order valence-electron chi connectivity index (χ1n) is 13.1. The molecule has 190 valence electrons. The Morgan fingerprint density at radius 3 is 2.68 bits per heavy atom. The number of nitrogens with zero attached hydrogens (tertiary/aromatic N) is 6. The summed E-state index contributed by atoms with van der Waals surface area (Å²) in [6, 6.07) is 14.1. The molecule has 3 fully saturated rings. The summed E-state index contributed by atoms with van der Waals surface area (Å²) in [5.41, 5.74) is 10.5. The van der Waals surface area contributed by atoms with E-state index in [1.807, 2.05) is 24.4 Å². The first-order chi connectivity index (χ1) is 18.0. The summed E-state index contributed by atoms with van der Waals surface area (Å²) in [5.74, 6) is 8.50. The SMILES string of the molecule is CC1CN(CC#Cc2cc(N3C4CC(C)C3CN(c3cc(-c5ccccc5O)nnc3N)C4)ccn2)C1. The van der Waals surface area contributed by atoms with E-state index in [1.165, 1.54) is 5.69 Å². The molecule has 3 aliphatic rings. The van der Waals surface area contributed by atoms with E-state index in [2.05, 4.69) is 67.7 Å². The molecule has 8 heteroatoms. The van der Waals surface area contributed by atoms with Crippen LogP contribution in [0.4, 0.5) is 17.2 Å². The molecule has 3 aliphatic heterocycles. The van der Waals surface area contributed by atoms with Gasteiger partial charge in [0.1, 0.15) is 11.4 Å². The number of anilines is 3. The topological polar surface area (TPSA) is 94.6 Å². The molecule has 3 unspecified atom stereocenters. The third kappa shape index (κ3) is 4.56. The standard InChI is InChI=1S/C29H33N7O/c1-19-15-34(16-19)11-5-6-21-13-22(9-10-31-21)36-23-12-20(2)27(36)18-35(17-23)26-14-25(32-33-29(26)30)24-7-3-4-8-28(24)37/h3-4,7-10,13-14,19-20,23,27,37H,11-12,15-18H2,1-2H3,(H2,30,33). The molecule has 2 bridgehead atoms. The molecule has 0 amide bonds.